The third kappa shape index (κ3) is 5.00. The lowest BCUT2D eigenvalue weighted by atomic mass is 10.1. The zero-order valence-corrected chi connectivity index (χ0v) is 11.9. The summed E-state index contributed by atoms with van der Waals surface area (Å²) in [6.07, 6.45) is 0.829. The van der Waals surface area contributed by atoms with Crippen LogP contribution in [0.25, 0.3) is 0 Å². The number of hydrogen-bond donors (Lipinski definition) is 1. The molecule has 2 atom stereocenters. The monoisotopic (exact) mass is 265 g/mol. The highest BCUT2D eigenvalue weighted by Gasteiger charge is 2.16. The van der Waals surface area contributed by atoms with E-state index in [9.17, 15) is 0 Å². The minimum absolute atomic E-state index is 0.0456. The summed E-state index contributed by atoms with van der Waals surface area (Å²) in [4.78, 5) is 0. The van der Waals surface area contributed by atoms with Crippen molar-refractivity contribution in [2.24, 2.45) is 0 Å². The van der Waals surface area contributed by atoms with Crippen LogP contribution in [0.5, 0.6) is 5.75 Å². The van der Waals surface area contributed by atoms with E-state index in [0.29, 0.717) is 5.02 Å². The second kappa shape index (κ2) is 8.02. The van der Waals surface area contributed by atoms with Crippen molar-refractivity contribution >= 4 is 11.6 Å². The molecule has 0 fully saturated rings. The molecule has 18 heavy (non-hydrogen) atoms. The molecule has 0 saturated carbocycles. The summed E-state index contributed by atoms with van der Waals surface area (Å²) in [5.74, 6) is 6.80. The lowest BCUT2D eigenvalue weighted by Gasteiger charge is -2.24. The van der Waals surface area contributed by atoms with E-state index in [0.717, 1.165) is 18.7 Å². The summed E-state index contributed by atoms with van der Waals surface area (Å²) >= 11 is 5.93. The van der Waals surface area contributed by atoms with Crippen molar-refractivity contribution in [2.75, 3.05) is 6.54 Å². The van der Waals surface area contributed by atoms with Gasteiger partial charge in [0.15, 0.2) is 0 Å². The van der Waals surface area contributed by atoms with E-state index in [-0.39, 0.29) is 12.1 Å². The Labute approximate surface area is 115 Å². The molecule has 0 aliphatic carbocycles. The number of nitrogens with one attached hydrogen (secondary N) is 1. The SMILES string of the molecule is CC#CCC(NCC)C(C)Oc1cccc(Cl)c1. The first-order chi connectivity index (χ1) is 8.67. The molecular weight excluding hydrogens is 246 g/mol. The Morgan fingerprint density at radius 1 is 1.44 bits per heavy atom. The predicted molar refractivity (Wildman–Crippen MR) is 77.1 cm³/mol. The predicted octanol–water partition coefficient (Wildman–Crippen LogP) is 3.50. The van der Waals surface area contributed by atoms with Crippen molar-refractivity contribution < 1.29 is 4.74 Å². The van der Waals surface area contributed by atoms with Crippen LogP contribution < -0.4 is 10.1 Å². The average Bonchev–Trinajstić information content (AvgIpc) is 2.34. The van der Waals surface area contributed by atoms with E-state index in [1.807, 2.05) is 38.1 Å². The number of ether oxygens (including phenoxy) is 1. The molecule has 3 heteroatoms. The van der Waals surface area contributed by atoms with Crippen LogP contribution in [-0.2, 0) is 0 Å². The molecule has 0 bridgehead atoms. The maximum Gasteiger partial charge on any atom is 0.121 e. The van der Waals surface area contributed by atoms with Crippen molar-refractivity contribution in [3.05, 3.63) is 29.3 Å². The highest BCUT2D eigenvalue weighted by atomic mass is 35.5. The number of benzene rings is 1. The summed E-state index contributed by atoms with van der Waals surface area (Å²) in [6, 6.07) is 7.69. The second-order valence-corrected chi connectivity index (χ2v) is 4.51. The molecule has 0 radical (unpaired) electrons. The summed E-state index contributed by atoms with van der Waals surface area (Å²) < 4.78 is 5.89. The van der Waals surface area contributed by atoms with Crippen molar-refractivity contribution in [1.29, 1.82) is 0 Å². The summed E-state index contributed by atoms with van der Waals surface area (Å²) in [5, 5.41) is 4.08. The molecule has 0 amide bonds. The molecule has 0 aromatic heterocycles. The third-order valence-corrected chi connectivity index (χ3v) is 2.88. The molecule has 0 spiro atoms. The van der Waals surface area contributed by atoms with Crippen molar-refractivity contribution in [1.82, 2.24) is 5.32 Å². The van der Waals surface area contributed by atoms with E-state index in [2.05, 4.69) is 24.1 Å². The van der Waals surface area contributed by atoms with Gasteiger partial charge in [-0.2, -0.15) is 0 Å². The first kappa shape index (κ1) is 14.9. The van der Waals surface area contributed by atoms with Crippen LogP contribution in [0, 0.1) is 11.8 Å². The van der Waals surface area contributed by atoms with Gasteiger partial charge in [-0.3, -0.25) is 0 Å². The van der Waals surface area contributed by atoms with Gasteiger partial charge in [-0.05, 0) is 38.6 Å². The van der Waals surface area contributed by atoms with Crippen LogP contribution in [0.3, 0.4) is 0 Å². The average molecular weight is 266 g/mol. The third-order valence-electron chi connectivity index (χ3n) is 2.65. The largest absolute Gasteiger partial charge is 0.489 e. The van der Waals surface area contributed by atoms with Crippen LogP contribution in [0.2, 0.25) is 5.02 Å². The minimum Gasteiger partial charge on any atom is -0.489 e. The van der Waals surface area contributed by atoms with Crippen LogP contribution in [0.4, 0.5) is 0 Å². The molecule has 1 aromatic rings. The number of hydrogen-bond acceptors (Lipinski definition) is 2. The van der Waals surface area contributed by atoms with Crippen LogP contribution in [-0.4, -0.2) is 18.7 Å². The Hall–Kier alpha value is -1.17. The van der Waals surface area contributed by atoms with E-state index in [1.54, 1.807) is 0 Å². The van der Waals surface area contributed by atoms with Gasteiger partial charge in [0.1, 0.15) is 11.9 Å². The van der Waals surface area contributed by atoms with E-state index in [4.69, 9.17) is 16.3 Å². The maximum atomic E-state index is 5.93. The van der Waals surface area contributed by atoms with Gasteiger partial charge >= 0.3 is 0 Å². The molecule has 1 aromatic carbocycles. The zero-order valence-electron chi connectivity index (χ0n) is 11.2. The molecule has 98 valence electrons. The Kier molecular flexibility index (Phi) is 6.64. The molecule has 1 rings (SSSR count). The Morgan fingerprint density at radius 2 is 2.22 bits per heavy atom. The van der Waals surface area contributed by atoms with Gasteiger partial charge < -0.3 is 10.1 Å². The van der Waals surface area contributed by atoms with E-state index < -0.39 is 0 Å². The normalized spacial score (nSPS) is 13.3. The molecule has 0 aliphatic heterocycles. The fourth-order valence-electron chi connectivity index (χ4n) is 1.72. The molecular formula is C15H20ClNO. The Bertz CT molecular complexity index is 422. The Balaban J connectivity index is 2.64. The number of halogens is 1. The fourth-order valence-corrected chi connectivity index (χ4v) is 1.90. The lowest BCUT2D eigenvalue weighted by molar-refractivity contribution is 0.173. The van der Waals surface area contributed by atoms with Gasteiger partial charge in [0.25, 0.3) is 0 Å². The van der Waals surface area contributed by atoms with Gasteiger partial charge in [-0.15, -0.1) is 11.8 Å². The van der Waals surface area contributed by atoms with Gasteiger partial charge in [0.2, 0.25) is 0 Å². The molecule has 2 unspecified atom stereocenters. The number of likely N-dealkylation sites (N-methyl/N-ethyl adjacent to an activating group) is 1. The molecule has 2 nitrogen and oxygen atoms in total. The quantitative estimate of drug-likeness (QED) is 0.795. The Morgan fingerprint density at radius 3 is 2.83 bits per heavy atom. The topological polar surface area (TPSA) is 21.3 Å². The smallest absolute Gasteiger partial charge is 0.121 e. The summed E-state index contributed by atoms with van der Waals surface area (Å²) in [5.41, 5.74) is 0. The highest BCUT2D eigenvalue weighted by Crippen LogP contribution is 2.19. The van der Waals surface area contributed by atoms with Gasteiger partial charge in [0, 0.05) is 11.4 Å². The van der Waals surface area contributed by atoms with Gasteiger partial charge in [0.05, 0.1) is 6.04 Å². The second-order valence-electron chi connectivity index (χ2n) is 4.08. The van der Waals surface area contributed by atoms with Crippen LogP contribution >= 0.6 is 11.6 Å². The first-order valence-electron chi connectivity index (χ1n) is 6.22. The summed E-state index contributed by atoms with van der Waals surface area (Å²) in [7, 11) is 0. The zero-order chi connectivity index (χ0) is 13.4. The highest BCUT2D eigenvalue weighted by molar-refractivity contribution is 6.30. The molecule has 0 aliphatic rings. The lowest BCUT2D eigenvalue weighted by Crippen LogP contribution is -2.41. The van der Waals surface area contributed by atoms with Gasteiger partial charge in [-0.1, -0.05) is 24.6 Å². The summed E-state index contributed by atoms with van der Waals surface area (Å²) in [6.45, 7) is 6.88. The van der Waals surface area contributed by atoms with Crippen molar-refractivity contribution in [3.63, 3.8) is 0 Å². The number of rotatable bonds is 6. The molecule has 0 heterocycles. The molecule has 1 N–H and O–H groups in total. The van der Waals surface area contributed by atoms with Crippen molar-refractivity contribution in [3.8, 4) is 17.6 Å². The maximum absolute atomic E-state index is 5.93. The van der Waals surface area contributed by atoms with Crippen LogP contribution in [0.15, 0.2) is 24.3 Å². The fraction of sp³-hybridized carbons (Fsp3) is 0.467. The van der Waals surface area contributed by atoms with E-state index in [1.165, 1.54) is 0 Å². The van der Waals surface area contributed by atoms with Crippen molar-refractivity contribution in [2.45, 2.75) is 39.3 Å². The van der Waals surface area contributed by atoms with Gasteiger partial charge in [-0.25, -0.2) is 0 Å². The van der Waals surface area contributed by atoms with E-state index >= 15 is 0 Å². The standard InChI is InChI=1S/C15H20ClNO/c1-4-6-10-15(17-5-2)12(3)18-14-9-7-8-13(16)11-14/h7-9,11-12,15,17H,5,10H2,1-3H3. The molecule has 0 saturated heterocycles. The first-order valence-corrected chi connectivity index (χ1v) is 6.60. The minimum atomic E-state index is 0.0456. The van der Waals surface area contributed by atoms with Crippen LogP contribution in [0.1, 0.15) is 27.2 Å².